The lowest BCUT2D eigenvalue weighted by atomic mass is 10.2. The molecule has 0 fully saturated rings. The minimum Gasteiger partial charge on any atom is -0.482 e. The van der Waals surface area contributed by atoms with Crippen LogP contribution >= 0.6 is 0 Å². The van der Waals surface area contributed by atoms with Gasteiger partial charge in [-0.3, -0.25) is 4.79 Å². The van der Waals surface area contributed by atoms with Crippen molar-refractivity contribution in [2.24, 2.45) is 0 Å². The van der Waals surface area contributed by atoms with E-state index in [1.807, 2.05) is 6.07 Å². The highest BCUT2D eigenvalue weighted by Crippen LogP contribution is 2.33. The first kappa shape index (κ1) is 11.8. The number of carbonyl (C=O) groups excluding carboxylic acids is 1. The lowest BCUT2D eigenvalue weighted by Gasteiger charge is -2.29. The topological polar surface area (TPSA) is 55.6 Å². The Morgan fingerprint density at radius 2 is 2.24 bits per heavy atom. The molecule has 4 heteroatoms. The maximum absolute atomic E-state index is 11.8. The van der Waals surface area contributed by atoms with Gasteiger partial charge in [0.15, 0.2) is 6.61 Å². The van der Waals surface area contributed by atoms with Gasteiger partial charge >= 0.3 is 0 Å². The van der Waals surface area contributed by atoms with Crippen LogP contribution in [0, 0.1) is 0 Å². The maximum atomic E-state index is 11.8. The van der Waals surface area contributed by atoms with Gasteiger partial charge < -0.3 is 15.4 Å². The van der Waals surface area contributed by atoms with Crippen LogP contribution in [0.5, 0.6) is 5.75 Å². The van der Waals surface area contributed by atoms with E-state index >= 15 is 0 Å². The second-order valence-corrected chi connectivity index (χ2v) is 4.27. The highest BCUT2D eigenvalue weighted by atomic mass is 16.5. The standard InChI is InChI=1S/C13H18N2O2/c1-2-3-4-7-15-11-8-10(14)5-6-12(11)17-9-13(15)16/h5-6,8H,2-4,7,9,14H2,1H3. The second kappa shape index (κ2) is 5.08. The number of unbranched alkanes of at least 4 members (excludes halogenated alkanes) is 2. The highest BCUT2D eigenvalue weighted by molar-refractivity contribution is 5.98. The number of nitrogen functional groups attached to an aromatic ring is 1. The van der Waals surface area contributed by atoms with Crippen LogP contribution in [0.15, 0.2) is 18.2 Å². The van der Waals surface area contributed by atoms with Crippen molar-refractivity contribution in [1.29, 1.82) is 0 Å². The fourth-order valence-corrected chi connectivity index (χ4v) is 1.98. The van der Waals surface area contributed by atoms with Crippen molar-refractivity contribution in [3.8, 4) is 5.75 Å². The second-order valence-electron chi connectivity index (χ2n) is 4.27. The molecular formula is C13H18N2O2. The first-order valence-corrected chi connectivity index (χ1v) is 6.05. The third kappa shape index (κ3) is 2.52. The fourth-order valence-electron chi connectivity index (χ4n) is 1.98. The third-order valence-corrected chi connectivity index (χ3v) is 2.91. The number of amides is 1. The molecule has 1 aromatic carbocycles. The summed E-state index contributed by atoms with van der Waals surface area (Å²) < 4.78 is 5.38. The van der Waals surface area contributed by atoms with E-state index in [0.29, 0.717) is 5.69 Å². The van der Waals surface area contributed by atoms with E-state index in [1.165, 1.54) is 0 Å². The molecule has 92 valence electrons. The summed E-state index contributed by atoms with van der Waals surface area (Å²) in [5, 5.41) is 0. The molecule has 1 aromatic rings. The van der Waals surface area contributed by atoms with E-state index in [2.05, 4.69) is 6.92 Å². The van der Waals surface area contributed by atoms with E-state index in [4.69, 9.17) is 10.5 Å². The van der Waals surface area contributed by atoms with Crippen LogP contribution in [-0.4, -0.2) is 19.1 Å². The van der Waals surface area contributed by atoms with Crippen molar-refractivity contribution in [2.75, 3.05) is 23.8 Å². The minimum absolute atomic E-state index is 0.0132. The van der Waals surface area contributed by atoms with Crippen LogP contribution in [0.2, 0.25) is 0 Å². The molecule has 0 radical (unpaired) electrons. The average Bonchev–Trinajstić information content (AvgIpc) is 2.32. The Balaban J connectivity index is 2.20. The number of carbonyl (C=O) groups is 1. The smallest absolute Gasteiger partial charge is 0.265 e. The third-order valence-electron chi connectivity index (χ3n) is 2.91. The van der Waals surface area contributed by atoms with E-state index < -0.39 is 0 Å². The van der Waals surface area contributed by atoms with E-state index in [-0.39, 0.29) is 12.5 Å². The largest absolute Gasteiger partial charge is 0.482 e. The summed E-state index contributed by atoms with van der Waals surface area (Å²) in [7, 11) is 0. The van der Waals surface area contributed by atoms with Crippen LogP contribution < -0.4 is 15.4 Å². The lowest BCUT2D eigenvalue weighted by molar-refractivity contribution is -0.121. The van der Waals surface area contributed by atoms with Gasteiger partial charge in [0.05, 0.1) is 5.69 Å². The molecule has 1 aliphatic heterocycles. The summed E-state index contributed by atoms with van der Waals surface area (Å²) in [4.78, 5) is 13.6. The van der Waals surface area contributed by atoms with Crippen LogP contribution in [0.4, 0.5) is 11.4 Å². The van der Waals surface area contributed by atoms with Crippen molar-refractivity contribution in [3.05, 3.63) is 18.2 Å². The first-order chi connectivity index (χ1) is 8.22. The van der Waals surface area contributed by atoms with Gasteiger partial charge in [-0.25, -0.2) is 0 Å². The molecule has 1 amide bonds. The fraction of sp³-hybridized carbons (Fsp3) is 0.462. The van der Waals surface area contributed by atoms with Gasteiger partial charge in [-0.2, -0.15) is 0 Å². The molecule has 0 saturated carbocycles. The number of fused-ring (bicyclic) bond motifs is 1. The monoisotopic (exact) mass is 234 g/mol. The Morgan fingerprint density at radius 3 is 3.00 bits per heavy atom. The summed E-state index contributed by atoms with van der Waals surface area (Å²) in [6.45, 7) is 3.02. The van der Waals surface area contributed by atoms with Crippen molar-refractivity contribution in [2.45, 2.75) is 26.2 Å². The predicted molar refractivity (Wildman–Crippen MR) is 68.2 cm³/mol. The van der Waals surface area contributed by atoms with Gasteiger partial charge in [-0.05, 0) is 24.6 Å². The summed E-state index contributed by atoms with van der Waals surface area (Å²) in [6, 6.07) is 5.42. The molecule has 0 aliphatic carbocycles. The van der Waals surface area contributed by atoms with Gasteiger partial charge in [0.25, 0.3) is 5.91 Å². The molecule has 0 aromatic heterocycles. The summed E-state index contributed by atoms with van der Waals surface area (Å²) in [5.74, 6) is 0.759. The van der Waals surface area contributed by atoms with Crippen molar-refractivity contribution < 1.29 is 9.53 Å². The Morgan fingerprint density at radius 1 is 1.41 bits per heavy atom. The zero-order valence-corrected chi connectivity index (χ0v) is 10.1. The van der Waals surface area contributed by atoms with Crippen molar-refractivity contribution in [3.63, 3.8) is 0 Å². The molecule has 0 bridgehead atoms. The molecule has 17 heavy (non-hydrogen) atoms. The first-order valence-electron chi connectivity index (χ1n) is 6.05. The molecule has 2 rings (SSSR count). The normalized spacial score (nSPS) is 14.4. The zero-order chi connectivity index (χ0) is 12.3. The lowest BCUT2D eigenvalue weighted by Crippen LogP contribution is -2.39. The number of nitrogens with zero attached hydrogens (tertiary/aromatic N) is 1. The Labute approximate surface area is 101 Å². The SMILES string of the molecule is CCCCCN1C(=O)COc2ccc(N)cc21. The molecule has 0 unspecified atom stereocenters. The van der Waals surface area contributed by atoms with Gasteiger partial charge in [0.2, 0.25) is 0 Å². The minimum atomic E-state index is 0.0132. The Bertz CT molecular complexity index is 418. The molecule has 1 aliphatic rings. The molecule has 1 heterocycles. The van der Waals surface area contributed by atoms with Gasteiger partial charge in [-0.1, -0.05) is 19.8 Å². The van der Waals surface area contributed by atoms with Crippen LogP contribution in [0.3, 0.4) is 0 Å². The molecule has 2 N–H and O–H groups in total. The zero-order valence-electron chi connectivity index (χ0n) is 10.1. The highest BCUT2D eigenvalue weighted by Gasteiger charge is 2.24. The number of hydrogen-bond donors (Lipinski definition) is 1. The predicted octanol–water partition coefficient (Wildman–Crippen LogP) is 2.18. The van der Waals surface area contributed by atoms with Crippen molar-refractivity contribution in [1.82, 2.24) is 0 Å². The molecule has 0 atom stereocenters. The summed E-state index contributed by atoms with van der Waals surface area (Å²) in [6.07, 6.45) is 3.28. The van der Waals surface area contributed by atoms with Crippen LogP contribution in [-0.2, 0) is 4.79 Å². The maximum Gasteiger partial charge on any atom is 0.265 e. The molecular weight excluding hydrogens is 216 g/mol. The number of anilines is 2. The quantitative estimate of drug-likeness (QED) is 0.641. The number of benzene rings is 1. The Kier molecular flexibility index (Phi) is 3.52. The van der Waals surface area contributed by atoms with Crippen LogP contribution in [0.25, 0.3) is 0 Å². The van der Waals surface area contributed by atoms with Gasteiger partial charge in [-0.15, -0.1) is 0 Å². The Hall–Kier alpha value is -1.71. The molecule has 0 spiro atoms. The van der Waals surface area contributed by atoms with E-state index in [9.17, 15) is 4.79 Å². The van der Waals surface area contributed by atoms with E-state index in [0.717, 1.165) is 37.2 Å². The van der Waals surface area contributed by atoms with Crippen LogP contribution in [0.1, 0.15) is 26.2 Å². The average molecular weight is 234 g/mol. The summed E-state index contributed by atoms with van der Waals surface area (Å²) >= 11 is 0. The van der Waals surface area contributed by atoms with E-state index in [1.54, 1.807) is 17.0 Å². The number of nitrogens with two attached hydrogens (primary N) is 1. The number of rotatable bonds is 4. The molecule has 4 nitrogen and oxygen atoms in total. The van der Waals surface area contributed by atoms with Crippen molar-refractivity contribution >= 4 is 17.3 Å². The summed E-state index contributed by atoms with van der Waals surface area (Å²) in [5.41, 5.74) is 7.21. The number of hydrogen-bond acceptors (Lipinski definition) is 3. The number of ether oxygens (including phenoxy) is 1. The molecule has 0 saturated heterocycles. The van der Waals surface area contributed by atoms with Gasteiger partial charge in [0.1, 0.15) is 5.75 Å². The van der Waals surface area contributed by atoms with Gasteiger partial charge in [0, 0.05) is 12.2 Å².